The van der Waals surface area contributed by atoms with Crippen LogP contribution in [-0.2, 0) is 13.1 Å². The maximum atomic E-state index is 6.15. The molecule has 1 aromatic carbocycles. The van der Waals surface area contributed by atoms with Gasteiger partial charge in [-0.3, -0.25) is 4.68 Å². The van der Waals surface area contributed by atoms with Crippen molar-refractivity contribution in [1.82, 2.24) is 15.1 Å². The molecule has 3 nitrogen and oxygen atoms in total. The Hall–Kier alpha value is -0.840. The highest BCUT2D eigenvalue weighted by atomic mass is 79.9. The standard InChI is InChI=1S/C15H19BrClN3/c1-11-8-12(2)20(19-11)7-3-6-18-10-13-9-14(16)4-5-15(13)17/h4-5,8-9,18H,3,6-7,10H2,1-2H3. The van der Waals surface area contributed by atoms with Gasteiger partial charge < -0.3 is 5.32 Å². The Bertz CT molecular complexity index is 580. The molecule has 0 radical (unpaired) electrons. The first-order chi connectivity index (χ1) is 9.56. The number of aromatic nitrogens is 2. The lowest BCUT2D eigenvalue weighted by molar-refractivity contribution is 0.532. The molecule has 20 heavy (non-hydrogen) atoms. The van der Waals surface area contributed by atoms with Crippen molar-refractivity contribution >= 4 is 27.5 Å². The topological polar surface area (TPSA) is 29.9 Å². The zero-order valence-corrected chi connectivity index (χ0v) is 14.1. The molecular weight excluding hydrogens is 338 g/mol. The third-order valence-corrected chi connectivity index (χ3v) is 4.01. The van der Waals surface area contributed by atoms with Crippen LogP contribution in [0.2, 0.25) is 5.02 Å². The first-order valence-electron chi connectivity index (χ1n) is 6.72. The number of benzene rings is 1. The summed E-state index contributed by atoms with van der Waals surface area (Å²) in [4.78, 5) is 0. The van der Waals surface area contributed by atoms with Gasteiger partial charge in [0.2, 0.25) is 0 Å². The molecular formula is C15H19BrClN3. The maximum Gasteiger partial charge on any atom is 0.0596 e. The molecule has 0 aliphatic carbocycles. The highest BCUT2D eigenvalue weighted by molar-refractivity contribution is 9.10. The minimum Gasteiger partial charge on any atom is -0.313 e. The van der Waals surface area contributed by atoms with Gasteiger partial charge in [-0.15, -0.1) is 0 Å². The van der Waals surface area contributed by atoms with Crippen molar-refractivity contribution in [1.29, 1.82) is 0 Å². The minimum atomic E-state index is 0.787. The number of rotatable bonds is 6. The van der Waals surface area contributed by atoms with Crippen molar-refractivity contribution in [3.05, 3.63) is 50.7 Å². The van der Waals surface area contributed by atoms with Crippen LogP contribution < -0.4 is 5.32 Å². The van der Waals surface area contributed by atoms with Gasteiger partial charge >= 0.3 is 0 Å². The molecule has 2 aromatic rings. The van der Waals surface area contributed by atoms with Gasteiger partial charge in [0.25, 0.3) is 0 Å². The van der Waals surface area contributed by atoms with Crippen molar-refractivity contribution in [3.8, 4) is 0 Å². The first-order valence-corrected chi connectivity index (χ1v) is 7.89. The molecule has 1 heterocycles. The van der Waals surface area contributed by atoms with Crippen LogP contribution in [0.5, 0.6) is 0 Å². The summed E-state index contributed by atoms with van der Waals surface area (Å²) in [5.41, 5.74) is 3.42. The number of nitrogens with zero attached hydrogens (tertiary/aromatic N) is 2. The predicted octanol–water partition coefficient (Wildman–Crippen LogP) is 4.10. The second kappa shape index (κ2) is 7.25. The molecule has 1 N–H and O–H groups in total. The van der Waals surface area contributed by atoms with E-state index in [2.05, 4.69) is 50.1 Å². The Kier molecular flexibility index (Phi) is 5.64. The van der Waals surface area contributed by atoms with Crippen LogP contribution in [0.25, 0.3) is 0 Å². The first kappa shape index (κ1) is 15.5. The van der Waals surface area contributed by atoms with Gasteiger partial charge in [0.05, 0.1) is 5.69 Å². The van der Waals surface area contributed by atoms with E-state index in [9.17, 15) is 0 Å². The second-order valence-corrected chi connectivity index (χ2v) is 6.24. The van der Waals surface area contributed by atoms with Crippen LogP contribution in [-0.4, -0.2) is 16.3 Å². The maximum absolute atomic E-state index is 6.15. The minimum absolute atomic E-state index is 0.787. The fourth-order valence-corrected chi connectivity index (χ4v) is 2.75. The highest BCUT2D eigenvalue weighted by Gasteiger charge is 2.02. The Balaban J connectivity index is 1.74. The van der Waals surface area contributed by atoms with Crippen LogP contribution in [0.15, 0.2) is 28.7 Å². The van der Waals surface area contributed by atoms with Gasteiger partial charge in [-0.05, 0) is 56.6 Å². The second-order valence-electron chi connectivity index (χ2n) is 4.92. The third kappa shape index (κ3) is 4.33. The van der Waals surface area contributed by atoms with Gasteiger partial charge in [0.1, 0.15) is 0 Å². The van der Waals surface area contributed by atoms with E-state index in [-0.39, 0.29) is 0 Å². The Labute approximate surface area is 133 Å². The molecule has 0 fully saturated rings. The van der Waals surface area contributed by atoms with Crippen LogP contribution in [0.3, 0.4) is 0 Å². The van der Waals surface area contributed by atoms with Crippen LogP contribution in [0.1, 0.15) is 23.4 Å². The van der Waals surface area contributed by atoms with Crippen molar-refractivity contribution in [3.63, 3.8) is 0 Å². The van der Waals surface area contributed by atoms with Crippen molar-refractivity contribution in [2.24, 2.45) is 0 Å². The molecule has 0 aliphatic heterocycles. The van der Waals surface area contributed by atoms with E-state index in [4.69, 9.17) is 11.6 Å². The molecule has 2 rings (SSSR count). The number of hydrogen-bond acceptors (Lipinski definition) is 2. The summed E-state index contributed by atoms with van der Waals surface area (Å²) in [6.07, 6.45) is 1.05. The lowest BCUT2D eigenvalue weighted by Crippen LogP contribution is -2.17. The lowest BCUT2D eigenvalue weighted by Gasteiger charge is -2.08. The highest BCUT2D eigenvalue weighted by Crippen LogP contribution is 2.20. The van der Waals surface area contributed by atoms with Gasteiger partial charge in [0.15, 0.2) is 0 Å². The molecule has 0 bridgehead atoms. The molecule has 0 atom stereocenters. The summed E-state index contributed by atoms with van der Waals surface area (Å²) in [7, 11) is 0. The fourth-order valence-electron chi connectivity index (χ4n) is 2.16. The number of hydrogen-bond donors (Lipinski definition) is 1. The fraction of sp³-hybridized carbons (Fsp3) is 0.400. The van der Waals surface area contributed by atoms with E-state index in [1.54, 1.807) is 0 Å². The summed E-state index contributed by atoms with van der Waals surface area (Å²) in [6.45, 7) is 6.79. The molecule has 0 aliphatic rings. The molecule has 0 unspecified atom stereocenters. The van der Waals surface area contributed by atoms with Gasteiger partial charge in [-0.25, -0.2) is 0 Å². The molecule has 5 heteroatoms. The van der Waals surface area contributed by atoms with Crippen LogP contribution in [0.4, 0.5) is 0 Å². The van der Waals surface area contributed by atoms with E-state index < -0.39 is 0 Å². The largest absolute Gasteiger partial charge is 0.313 e. The van der Waals surface area contributed by atoms with E-state index in [0.29, 0.717) is 0 Å². The molecule has 0 saturated carbocycles. The quantitative estimate of drug-likeness (QED) is 0.790. The summed E-state index contributed by atoms with van der Waals surface area (Å²) < 4.78 is 3.12. The number of halogens is 2. The molecule has 0 saturated heterocycles. The zero-order valence-electron chi connectivity index (χ0n) is 11.8. The smallest absolute Gasteiger partial charge is 0.0596 e. The summed E-state index contributed by atoms with van der Waals surface area (Å²) >= 11 is 9.62. The van der Waals surface area contributed by atoms with Gasteiger partial charge in [-0.1, -0.05) is 27.5 Å². The Morgan fingerprint density at radius 1 is 1.30 bits per heavy atom. The Morgan fingerprint density at radius 2 is 2.10 bits per heavy atom. The van der Waals surface area contributed by atoms with E-state index in [1.807, 2.05) is 19.1 Å². The SMILES string of the molecule is Cc1cc(C)n(CCCNCc2cc(Br)ccc2Cl)n1. The summed E-state index contributed by atoms with van der Waals surface area (Å²) in [6, 6.07) is 8.03. The lowest BCUT2D eigenvalue weighted by atomic mass is 10.2. The average molecular weight is 357 g/mol. The van der Waals surface area contributed by atoms with Crippen molar-refractivity contribution < 1.29 is 0 Å². The van der Waals surface area contributed by atoms with Crippen LogP contribution >= 0.6 is 27.5 Å². The molecule has 0 spiro atoms. The number of nitrogens with one attached hydrogen (secondary N) is 1. The monoisotopic (exact) mass is 355 g/mol. The van der Waals surface area contributed by atoms with Gasteiger partial charge in [0, 0.05) is 28.3 Å². The van der Waals surface area contributed by atoms with E-state index in [0.717, 1.165) is 46.8 Å². The third-order valence-electron chi connectivity index (χ3n) is 3.15. The Morgan fingerprint density at radius 3 is 2.80 bits per heavy atom. The van der Waals surface area contributed by atoms with Gasteiger partial charge in [-0.2, -0.15) is 5.10 Å². The van der Waals surface area contributed by atoms with Crippen LogP contribution in [0, 0.1) is 13.8 Å². The molecule has 0 amide bonds. The number of aryl methyl sites for hydroxylation is 3. The van der Waals surface area contributed by atoms with E-state index in [1.165, 1.54) is 5.69 Å². The average Bonchev–Trinajstić information content (AvgIpc) is 2.71. The normalized spacial score (nSPS) is 11.0. The molecule has 1 aromatic heterocycles. The zero-order chi connectivity index (χ0) is 14.5. The molecule has 108 valence electrons. The summed E-state index contributed by atoms with van der Waals surface area (Å²) in [5, 5.41) is 8.68. The predicted molar refractivity (Wildman–Crippen MR) is 87.2 cm³/mol. The summed E-state index contributed by atoms with van der Waals surface area (Å²) in [5.74, 6) is 0. The van der Waals surface area contributed by atoms with Crippen molar-refractivity contribution in [2.75, 3.05) is 6.54 Å². The van der Waals surface area contributed by atoms with Crippen molar-refractivity contribution in [2.45, 2.75) is 33.4 Å². The van der Waals surface area contributed by atoms with E-state index >= 15 is 0 Å².